The Balaban J connectivity index is 2.09. The van der Waals surface area contributed by atoms with Crippen molar-refractivity contribution in [1.29, 1.82) is 0 Å². The van der Waals surface area contributed by atoms with Crippen LogP contribution in [0.1, 0.15) is 28.6 Å². The first-order valence-electron chi connectivity index (χ1n) is 6.49. The predicted octanol–water partition coefficient (Wildman–Crippen LogP) is 4.27. The van der Waals surface area contributed by atoms with E-state index in [0.717, 1.165) is 16.7 Å². The summed E-state index contributed by atoms with van der Waals surface area (Å²) in [5, 5.41) is 11.1. The minimum atomic E-state index is -0.842. The fourth-order valence-corrected chi connectivity index (χ4v) is 2.37. The van der Waals surface area contributed by atoms with Crippen LogP contribution < -0.4 is 0 Å². The molecular formula is C17H15FO2. The monoisotopic (exact) mass is 270 g/mol. The molecule has 20 heavy (non-hydrogen) atoms. The fraction of sp³-hybridized carbons (Fsp3) is 0.176. The summed E-state index contributed by atoms with van der Waals surface area (Å²) in [4.78, 5) is 0. The number of furan rings is 1. The second-order valence-corrected chi connectivity index (χ2v) is 5.05. The van der Waals surface area contributed by atoms with E-state index in [1.54, 1.807) is 6.07 Å². The molecule has 0 aliphatic rings. The SMILES string of the molecule is Cc1ccc(C(O)c2oc3ccc(F)cc3c2C)cc1. The third-order valence-corrected chi connectivity index (χ3v) is 3.58. The number of aryl methyl sites for hydroxylation is 2. The molecule has 1 unspecified atom stereocenters. The van der Waals surface area contributed by atoms with Crippen molar-refractivity contribution in [2.24, 2.45) is 0 Å². The maximum absolute atomic E-state index is 13.3. The smallest absolute Gasteiger partial charge is 0.141 e. The van der Waals surface area contributed by atoms with Crippen LogP contribution in [-0.4, -0.2) is 5.11 Å². The molecule has 0 aliphatic heterocycles. The standard InChI is InChI=1S/C17H15FO2/c1-10-3-5-12(6-4-10)16(19)17-11(2)14-9-13(18)7-8-15(14)20-17/h3-9,16,19H,1-2H3. The number of fused-ring (bicyclic) bond motifs is 1. The Labute approximate surface area is 116 Å². The largest absolute Gasteiger partial charge is 0.458 e. The highest BCUT2D eigenvalue weighted by molar-refractivity contribution is 5.82. The van der Waals surface area contributed by atoms with Gasteiger partial charge in [0.2, 0.25) is 0 Å². The number of aliphatic hydroxyl groups is 1. The van der Waals surface area contributed by atoms with Crippen molar-refractivity contribution in [3.8, 4) is 0 Å². The van der Waals surface area contributed by atoms with Gasteiger partial charge in [-0.2, -0.15) is 0 Å². The van der Waals surface area contributed by atoms with Crippen molar-refractivity contribution in [2.45, 2.75) is 20.0 Å². The average Bonchev–Trinajstić information content (AvgIpc) is 2.76. The molecule has 0 saturated carbocycles. The van der Waals surface area contributed by atoms with E-state index in [1.165, 1.54) is 12.1 Å². The van der Waals surface area contributed by atoms with Crippen molar-refractivity contribution in [3.63, 3.8) is 0 Å². The Morgan fingerprint density at radius 2 is 1.75 bits per heavy atom. The molecule has 2 nitrogen and oxygen atoms in total. The lowest BCUT2D eigenvalue weighted by molar-refractivity contribution is 0.191. The van der Waals surface area contributed by atoms with E-state index >= 15 is 0 Å². The van der Waals surface area contributed by atoms with Gasteiger partial charge in [0.25, 0.3) is 0 Å². The molecule has 102 valence electrons. The van der Waals surface area contributed by atoms with Crippen LogP contribution in [0.5, 0.6) is 0 Å². The van der Waals surface area contributed by atoms with E-state index in [9.17, 15) is 9.50 Å². The Kier molecular flexibility index (Phi) is 3.07. The molecule has 3 aromatic rings. The van der Waals surface area contributed by atoms with Gasteiger partial charge < -0.3 is 9.52 Å². The van der Waals surface area contributed by atoms with Crippen LogP contribution in [0, 0.1) is 19.7 Å². The van der Waals surface area contributed by atoms with Crippen molar-refractivity contribution in [1.82, 2.24) is 0 Å². The van der Waals surface area contributed by atoms with Crippen LogP contribution in [0.25, 0.3) is 11.0 Å². The first kappa shape index (κ1) is 12.9. The lowest BCUT2D eigenvalue weighted by Crippen LogP contribution is -1.99. The topological polar surface area (TPSA) is 33.4 Å². The van der Waals surface area contributed by atoms with Crippen molar-refractivity contribution in [3.05, 3.63) is 70.7 Å². The maximum atomic E-state index is 13.3. The third kappa shape index (κ3) is 2.10. The molecule has 1 N–H and O–H groups in total. The van der Waals surface area contributed by atoms with Gasteiger partial charge in [0.15, 0.2) is 0 Å². The summed E-state index contributed by atoms with van der Waals surface area (Å²) in [6.45, 7) is 3.82. The quantitative estimate of drug-likeness (QED) is 0.754. The Morgan fingerprint density at radius 3 is 2.45 bits per heavy atom. The van der Waals surface area contributed by atoms with Gasteiger partial charge in [-0.05, 0) is 37.6 Å². The second kappa shape index (κ2) is 4.76. The summed E-state index contributed by atoms with van der Waals surface area (Å²) in [6.07, 6.45) is -0.842. The van der Waals surface area contributed by atoms with Gasteiger partial charge in [0, 0.05) is 10.9 Å². The summed E-state index contributed by atoms with van der Waals surface area (Å²) in [7, 11) is 0. The Bertz CT molecular complexity index is 757. The zero-order valence-electron chi connectivity index (χ0n) is 11.4. The third-order valence-electron chi connectivity index (χ3n) is 3.58. The summed E-state index contributed by atoms with van der Waals surface area (Å²) in [6, 6.07) is 12.0. The molecule has 3 rings (SSSR count). The van der Waals surface area contributed by atoms with Gasteiger partial charge in [-0.1, -0.05) is 29.8 Å². The van der Waals surface area contributed by atoms with Gasteiger partial charge in [0.05, 0.1) is 0 Å². The summed E-state index contributed by atoms with van der Waals surface area (Å²) >= 11 is 0. The van der Waals surface area contributed by atoms with Crippen LogP contribution in [0.2, 0.25) is 0 Å². The molecule has 1 aromatic heterocycles. The zero-order valence-corrected chi connectivity index (χ0v) is 11.4. The van der Waals surface area contributed by atoms with Gasteiger partial charge in [-0.25, -0.2) is 4.39 Å². The zero-order chi connectivity index (χ0) is 14.3. The molecule has 0 spiro atoms. The number of rotatable bonds is 2. The molecule has 0 amide bonds. The van der Waals surface area contributed by atoms with Gasteiger partial charge in [-0.15, -0.1) is 0 Å². The molecule has 1 atom stereocenters. The molecule has 0 aliphatic carbocycles. The normalized spacial score (nSPS) is 12.8. The van der Waals surface area contributed by atoms with E-state index in [-0.39, 0.29) is 5.82 Å². The van der Waals surface area contributed by atoms with Crippen molar-refractivity contribution < 1.29 is 13.9 Å². The molecule has 0 radical (unpaired) electrons. The lowest BCUT2D eigenvalue weighted by atomic mass is 10.0. The van der Waals surface area contributed by atoms with Gasteiger partial charge in [0.1, 0.15) is 23.3 Å². The number of benzene rings is 2. The minimum Gasteiger partial charge on any atom is -0.458 e. The summed E-state index contributed by atoms with van der Waals surface area (Å²) < 4.78 is 19.0. The Morgan fingerprint density at radius 1 is 1.05 bits per heavy atom. The molecule has 0 saturated heterocycles. The fourth-order valence-electron chi connectivity index (χ4n) is 2.37. The number of hydrogen-bond acceptors (Lipinski definition) is 2. The summed E-state index contributed by atoms with van der Waals surface area (Å²) in [5.41, 5.74) is 3.25. The van der Waals surface area contributed by atoms with Crippen LogP contribution in [0.3, 0.4) is 0 Å². The van der Waals surface area contributed by atoms with E-state index in [2.05, 4.69) is 0 Å². The first-order valence-corrected chi connectivity index (χ1v) is 6.49. The number of halogens is 1. The molecular weight excluding hydrogens is 255 g/mol. The van der Waals surface area contributed by atoms with E-state index in [4.69, 9.17) is 4.42 Å². The van der Waals surface area contributed by atoms with Crippen LogP contribution in [0.15, 0.2) is 46.9 Å². The van der Waals surface area contributed by atoms with Crippen molar-refractivity contribution in [2.75, 3.05) is 0 Å². The predicted molar refractivity (Wildman–Crippen MR) is 76.1 cm³/mol. The molecule has 2 aromatic carbocycles. The Hall–Kier alpha value is -2.13. The van der Waals surface area contributed by atoms with Crippen LogP contribution in [-0.2, 0) is 0 Å². The summed E-state index contributed by atoms with van der Waals surface area (Å²) in [5.74, 6) is 0.159. The first-order chi connectivity index (χ1) is 9.56. The van der Waals surface area contributed by atoms with Gasteiger partial charge in [-0.3, -0.25) is 0 Å². The van der Waals surface area contributed by atoms with Gasteiger partial charge >= 0.3 is 0 Å². The van der Waals surface area contributed by atoms with E-state index in [0.29, 0.717) is 16.7 Å². The molecule has 0 bridgehead atoms. The van der Waals surface area contributed by atoms with Crippen LogP contribution in [0.4, 0.5) is 4.39 Å². The molecule has 1 heterocycles. The van der Waals surface area contributed by atoms with Crippen molar-refractivity contribution >= 4 is 11.0 Å². The lowest BCUT2D eigenvalue weighted by Gasteiger charge is -2.09. The van der Waals surface area contributed by atoms with Crippen LogP contribution >= 0.6 is 0 Å². The van der Waals surface area contributed by atoms with E-state index in [1.807, 2.05) is 38.1 Å². The van der Waals surface area contributed by atoms with E-state index < -0.39 is 6.10 Å². The minimum absolute atomic E-state index is 0.308. The highest BCUT2D eigenvalue weighted by atomic mass is 19.1. The molecule has 3 heteroatoms. The number of hydrogen-bond donors (Lipinski definition) is 1. The second-order valence-electron chi connectivity index (χ2n) is 5.05. The highest BCUT2D eigenvalue weighted by Gasteiger charge is 2.20. The maximum Gasteiger partial charge on any atom is 0.141 e. The average molecular weight is 270 g/mol. The number of aliphatic hydroxyl groups excluding tert-OH is 1. The molecule has 0 fully saturated rings. The highest BCUT2D eigenvalue weighted by Crippen LogP contribution is 2.33.